The number of amides is 4. The number of rotatable bonds is 3. The Hall–Kier alpha value is -3.35. The molecule has 3 aromatic rings. The Morgan fingerprint density at radius 1 is 0.818 bits per heavy atom. The highest BCUT2D eigenvalue weighted by Crippen LogP contribution is 2.29. The smallest absolute Gasteiger partial charge is 0.318 e. The fourth-order valence-electron chi connectivity index (χ4n) is 3.87. The first-order valence-corrected chi connectivity index (χ1v) is 11.0. The van der Waals surface area contributed by atoms with Gasteiger partial charge in [-0.25, -0.2) is 9.69 Å². The Kier molecular flexibility index (Phi) is 5.91. The van der Waals surface area contributed by atoms with Crippen molar-refractivity contribution in [3.63, 3.8) is 0 Å². The van der Waals surface area contributed by atoms with Crippen LogP contribution in [-0.4, -0.2) is 22.4 Å². The summed E-state index contributed by atoms with van der Waals surface area (Å²) in [6.45, 7) is 7.62. The van der Waals surface area contributed by atoms with Gasteiger partial charge < -0.3 is 4.57 Å². The van der Waals surface area contributed by atoms with Gasteiger partial charge in [0.2, 0.25) is 0 Å². The van der Waals surface area contributed by atoms with E-state index in [0.29, 0.717) is 21.3 Å². The number of carbonyl (C=O) groups is 3. The van der Waals surface area contributed by atoms with Gasteiger partial charge in [-0.1, -0.05) is 29.3 Å². The topological polar surface area (TPSA) is 71.4 Å². The van der Waals surface area contributed by atoms with Crippen molar-refractivity contribution >= 4 is 52.8 Å². The van der Waals surface area contributed by atoms with Crippen LogP contribution in [0.5, 0.6) is 0 Å². The summed E-state index contributed by atoms with van der Waals surface area (Å²) in [5.41, 5.74) is 5.40. The van der Waals surface area contributed by atoms with Crippen molar-refractivity contribution in [2.24, 2.45) is 0 Å². The second-order valence-corrected chi connectivity index (χ2v) is 8.80. The predicted octanol–water partition coefficient (Wildman–Crippen LogP) is 5.68. The van der Waals surface area contributed by atoms with E-state index >= 15 is 0 Å². The molecule has 6 nitrogen and oxygen atoms in total. The number of halogens is 2. The van der Waals surface area contributed by atoms with E-state index < -0.39 is 17.8 Å². The van der Waals surface area contributed by atoms with E-state index in [1.165, 1.54) is 6.08 Å². The summed E-state index contributed by atoms with van der Waals surface area (Å²) in [5, 5.41) is 3.14. The van der Waals surface area contributed by atoms with Crippen molar-refractivity contribution in [1.82, 2.24) is 9.88 Å². The average Bonchev–Trinajstić information content (AvgIpc) is 3.03. The second-order valence-electron chi connectivity index (χ2n) is 7.99. The molecule has 1 aromatic heterocycles. The molecule has 0 radical (unpaired) electrons. The van der Waals surface area contributed by atoms with E-state index in [1.807, 2.05) is 50.5 Å². The van der Waals surface area contributed by atoms with Gasteiger partial charge in [0.25, 0.3) is 11.8 Å². The number of aryl methyl sites for hydroxylation is 3. The van der Waals surface area contributed by atoms with Crippen molar-refractivity contribution in [2.45, 2.75) is 27.7 Å². The van der Waals surface area contributed by atoms with Crippen LogP contribution in [0.25, 0.3) is 11.8 Å². The van der Waals surface area contributed by atoms with E-state index in [0.717, 1.165) is 33.1 Å². The molecular formula is C25H21Cl2N3O3. The van der Waals surface area contributed by atoms with Crippen LogP contribution in [0, 0.1) is 27.7 Å². The fourth-order valence-corrected chi connectivity index (χ4v) is 4.16. The van der Waals surface area contributed by atoms with Gasteiger partial charge in [-0.3, -0.25) is 14.9 Å². The second kappa shape index (κ2) is 8.54. The molecular weight excluding hydrogens is 461 g/mol. The molecule has 1 aliphatic rings. The van der Waals surface area contributed by atoms with Crippen LogP contribution in [0.1, 0.15) is 28.1 Å². The van der Waals surface area contributed by atoms with Crippen LogP contribution in [0.3, 0.4) is 0 Å². The molecule has 0 spiro atoms. The Bertz CT molecular complexity index is 1370. The molecule has 1 aliphatic heterocycles. The minimum Gasteiger partial charge on any atom is -0.318 e. The molecule has 0 aliphatic carbocycles. The lowest BCUT2D eigenvalue weighted by atomic mass is 10.1. The van der Waals surface area contributed by atoms with Crippen LogP contribution >= 0.6 is 23.2 Å². The molecule has 1 N–H and O–H groups in total. The monoisotopic (exact) mass is 481 g/mol. The average molecular weight is 482 g/mol. The molecule has 2 heterocycles. The van der Waals surface area contributed by atoms with Crippen molar-refractivity contribution in [2.75, 3.05) is 4.90 Å². The lowest BCUT2D eigenvalue weighted by Gasteiger charge is -2.26. The number of aromatic nitrogens is 1. The zero-order valence-corrected chi connectivity index (χ0v) is 20.0. The van der Waals surface area contributed by atoms with Gasteiger partial charge >= 0.3 is 6.03 Å². The van der Waals surface area contributed by atoms with Gasteiger partial charge in [-0.15, -0.1) is 0 Å². The number of urea groups is 1. The molecule has 0 unspecified atom stereocenters. The van der Waals surface area contributed by atoms with Crippen LogP contribution in [0.15, 0.2) is 48.0 Å². The summed E-state index contributed by atoms with van der Waals surface area (Å²) in [6, 6.07) is 11.6. The summed E-state index contributed by atoms with van der Waals surface area (Å²) in [6.07, 6.45) is 1.51. The van der Waals surface area contributed by atoms with Crippen molar-refractivity contribution in [1.29, 1.82) is 0 Å². The molecule has 2 aromatic carbocycles. The molecule has 0 saturated carbocycles. The molecule has 0 atom stereocenters. The first-order chi connectivity index (χ1) is 15.6. The normalized spacial score (nSPS) is 15.4. The Morgan fingerprint density at radius 3 is 2.18 bits per heavy atom. The van der Waals surface area contributed by atoms with Crippen molar-refractivity contribution in [3.05, 3.63) is 86.2 Å². The quantitative estimate of drug-likeness (QED) is 0.386. The number of hydrogen-bond donors (Lipinski definition) is 1. The van der Waals surface area contributed by atoms with Crippen LogP contribution in [-0.2, 0) is 9.59 Å². The maximum Gasteiger partial charge on any atom is 0.335 e. The van der Waals surface area contributed by atoms with Gasteiger partial charge in [0.15, 0.2) is 0 Å². The Balaban J connectivity index is 1.77. The Morgan fingerprint density at radius 2 is 1.52 bits per heavy atom. The SMILES string of the molecule is Cc1ccc(N2C(=O)NC(=O)/C(=C/c3cc(C)n(-c4ccc(Cl)c(Cl)c4)c3C)C2=O)cc1C. The number of nitrogens with one attached hydrogen (secondary N) is 1. The predicted molar refractivity (Wildman–Crippen MR) is 130 cm³/mol. The van der Waals surface area contributed by atoms with E-state index in [1.54, 1.807) is 24.3 Å². The zero-order valence-electron chi connectivity index (χ0n) is 18.5. The molecule has 33 heavy (non-hydrogen) atoms. The Labute approximate surface area is 201 Å². The van der Waals surface area contributed by atoms with Crippen LogP contribution in [0.2, 0.25) is 10.0 Å². The maximum absolute atomic E-state index is 13.2. The number of nitrogens with zero attached hydrogens (tertiary/aromatic N) is 2. The van der Waals surface area contributed by atoms with Crippen LogP contribution < -0.4 is 10.2 Å². The van der Waals surface area contributed by atoms with E-state index in [-0.39, 0.29) is 5.57 Å². The summed E-state index contributed by atoms with van der Waals surface area (Å²) in [5.74, 6) is -1.41. The molecule has 4 rings (SSSR count). The van der Waals surface area contributed by atoms with Gasteiger partial charge in [0.1, 0.15) is 5.57 Å². The number of imide groups is 2. The summed E-state index contributed by atoms with van der Waals surface area (Å²) in [4.78, 5) is 39.3. The number of carbonyl (C=O) groups excluding carboxylic acids is 3. The number of anilines is 1. The molecule has 1 fully saturated rings. The van der Waals surface area contributed by atoms with Crippen molar-refractivity contribution in [3.8, 4) is 5.69 Å². The van der Waals surface area contributed by atoms with Gasteiger partial charge in [0.05, 0.1) is 15.7 Å². The first kappa shape index (κ1) is 22.8. The highest BCUT2D eigenvalue weighted by molar-refractivity contribution is 6.42. The number of hydrogen-bond acceptors (Lipinski definition) is 3. The van der Waals surface area contributed by atoms with Gasteiger partial charge in [-0.05, 0) is 86.9 Å². The summed E-state index contributed by atoms with van der Waals surface area (Å²) < 4.78 is 1.95. The largest absolute Gasteiger partial charge is 0.335 e. The maximum atomic E-state index is 13.2. The van der Waals surface area contributed by atoms with E-state index in [4.69, 9.17) is 23.2 Å². The third-order valence-corrected chi connectivity index (χ3v) is 6.52. The highest BCUT2D eigenvalue weighted by atomic mass is 35.5. The molecule has 1 saturated heterocycles. The third kappa shape index (κ3) is 4.08. The lowest BCUT2D eigenvalue weighted by Crippen LogP contribution is -2.54. The summed E-state index contributed by atoms with van der Waals surface area (Å²) >= 11 is 12.2. The lowest BCUT2D eigenvalue weighted by molar-refractivity contribution is -0.122. The standard InChI is InChI=1S/C25H21Cl2N3O3/c1-13-5-6-18(9-14(13)2)30-24(32)20(23(31)28-25(30)33)11-17-10-15(3)29(16(17)4)19-7-8-21(26)22(27)12-19/h5-12H,1-4H3,(H,28,31,33)/b20-11-. The fraction of sp³-hybridized carbons (Fsp3) is 0.160. The van der Waals surface area contributed by atoms with Gasteiger partial charge in [0, 0.05) is 17.1 Å². The van der Waals surface area contributed by atoms with Crippen LogP contribution in [0.4, 0.5) is 10.5 Å². The van der Waals surface area contributed by atoms with Crippen molar-refractivity contribution < 1.29 is 14.4 Å². The number of barbiturate groups is 1. The number of benzene rings is 2. The highest BCUT2D eigenvalue weighted by Gasteiger charge is 2.37. The third-order valence-electron chi connectivity index (χ3n) is 5.78. The summed E-state index contributed by atoms with van der Waals surface area (Å²) in [7, 11) is 0. The minimum absolute atomic E-state index is 0.123. The van der Waals surface area contributed by atoms with E-state index in [2.05, 4.69) is 5.32 Å². The molecule has 4 amide bonds. The first-order valence-electron chi connectivity index (χ1n) is 10.2. The minimum atomic E-state index is -0.772. The zero-order chi connectivity index (χ0) is 24.0. The molecule has 0 bridgehead atoms. The van der Waals surface area contributed by atoms with Gasteiger partial charge in [-0.2, -0.15) is 0 Å². The molecule has 8 heteroatoms. The van der Waals surface area contributed by atoms with E-state index in [9.17, 15) is 14.4 Å². The molecule has 168 valence electrons.